The van der Waals surface area contributed by atoms with Crippen LogP contribution < -0.4 is 9.47 Å². The van der Waals surface area contributed by atoms with E-state index in [9.17, 15) is 4.79 Å². The summed E-state index contributed by atoms with van der Waals surface area (Å²) in [6, 6.07) is 3.63. The number of hydrogen-bond donors (Lipinski definition) is 0. The highest BCUT2D eigenvalue weighted by Crippen LogP contribution is 2.46. The summed E-state index contributed by atoms with van der Waals surface area (Å²) in [6.45, 7) is 1.07. The Morgan fingerprint density at radius 2 is 1.72 bits per heavy atom. The minimum absolute atomic E-state index is 0.237. The lowest BCUT2D eigenvalue weighted by atomic mass is 9.83. The summed E-state index contributed by atoms with van der Waals surface area (Å²) in [5.41, 5.74) is 0.607. The van der Waals surface area contributed by atoms with Crippen LogP contribution >= 0.6 is 0 Å². The Morgan fingerprint density at radius 1 is 1.04 bits per heavy atom. The number of aldehydes is 1. The van der Waals surface area contributed by atoms with Crippen LogP contribution in [0, 0.1) is 0 Å². The molecule has 0 atom stereocenters. The number of hydrogen-bond acceptors (Lipinski definition) is 6. The number of methoxy groups -OCH3 is 3. The zero-order valence-corrected chi connectivity index (χ0v) is 14.6. The average molecular weight is 346 g/mol. The molecule has 0 amide bonds. The summed E-state index contributed by atoms with van der Waals surface area (Å²) in [6.07, 6.45) is 8.48. The summed E-state index contributed by atoms with van der Waals surface area (Å²) in [7, 11) is 4.74. The van der Waals surface area contributed by atoms with E-state index >= 15 is 0 Å². The largest absolute Gasteiger partial charge is 0.493 e. The second kappa shape index (κ2) is 7.00. The van der Waals surface area contributed by atoms with Gasteiger partial charge in [0.25, 0.3) is 0 Å². The van der Waals surface area contributed by atoms with Gasteiger partial charge in [0, 0.05) is 19.1 Å². The third kappa shape index (κ3) is 2.97. The van der Waals surface area contributed by atoms with Gasteiger partial charge in [0.2, 0.25) is 5.79 Å². The summed E-state index contributed by atoms with van der Waals surface area (Å²) < 4.78 is 28.2. The highest BCUT2D eigenvalue weighted by atomic mass is 16.7. The van der Waals surface area contributed by atoms with Crippen LogP contribution in [-0.4, -0.2) is 46.6 Å². The molecule has 3 rings (SSSR count). The van der Waals surface area contributed by atoms with Gasteiger partial charge >= 0.3 is 0 Å². The number of benzene rings is 1. The topological polar surface area (TPSA) is 63.2 Å². The monoisotopic (exact) mass is 346 g/mol. The molecule has 0 saturated carbocycles. The fraction of sp³-hybridized carbons (Fsp3) is 0.421. The molecule has 1 aromatic carbocycles. The van der Waals surface area contributed by atoms with Crippen LogP contribution in [0.4, 0.5) is 0 Å². The highest BCUT2D eigenvalue weighted by molar-refractivity contribution is 5.63. The van der Waals surface area contributed by atoms with Gasteiger partial charge in [0.15, 0.2) is 11.5 Å². The molecule has 1 spiro atoms. The minimum atomic E-state index is -0.918. The Balaban J connectivity index is 2.15. The summed E-state index contributed by atoms with van der Waals surface area (Å²) >= 11 is 0. The third-order valence-corrected chi connectivity index (χ3v) is 4.53. The number of rotatable bonds is 6. The van der Waals surface area contributed by atoms with Gasteiger partial charge in [-0.2, -0.15) is 0 Å². The molecule has 134 valence electrons. The van der Waals surface area contributed by atoms with Crippen LogP contribution in [0.25, 0.3) is 0 Å². The second-order valence-corrected chi connectivity index (χ2v) is 5.79. The van der Waals surface area contributed by atoms with Gasteiger partial charge in [0.1, 0.15) is 11.9 Å². The fourth-order valence-electron chi connectivity index (χ4n) is 3.29. The zero-order chi connectivity index (χ0) is 17.9. The van der Waals surface area contributed by atoms with Crippen molar-refractivity contribution >= 4 is 6.29 Å². The van der Waals surface area contributed by atoms with Crippen LogP contribution in [0.1, 0.15) is 11.1 Å². The van der Waals surface area contributed by atoms with E-state index in [-0.39, 0.29) is 6.42 Å². The van der Waals surface area contributed by atoms with Gasteiger partial charge in [-0.25, -0.2) is 0 Å². The van der Waals surface area contributed by atoms with Gasteiger partial charge in [-0.1, -0.05) is 6.07 Å². The smallest absolute Gasteiger partial charge is 0.208 e. The Hall–Kier alpha value is -2.15. The predicted molar refractivity (Wildman–Crippen MR) is 90.9 cm³/mol. The van der Waals surface area contributed by atoms with Crippen molar-refractivity contribution < 1.29 is 28.5 Å². The second-order valence-electron chi connectivity index (χ2n) is 5.79. The van der Waals surface area contributed by atoms with Gasteiger partial charge in [-0.3, -0.25) is 0 Å². The molecule has 25 heavy (non-hydrogen) atoms. The van der Waals surface area contributed by atoms with Crippen molar-refractivity contribution in [2.75, 3.05) is 34.5 Å². The first-order chi connectivity index (χ1) is 12.1. The van der Waals surface area contributed by atoms with E-state index in [4.69, 9.17) is 23.7 Å². The molecule has 0 unspecified atom stereocenters. The molecule has 2 aliphatic rings. The van der Waals surface area contributed by atoms with Crippen molar-refractivity contribution in [2.24, 2.45) is 0 Å². The van der Waals surface area contributed by atoms with Crippen molar-refractivity contribution in [3.63, 3.8) is 0 Å². The Morgan fingerprint density at radius 3 is 2.24 bits per heavy atom. The average Bonchev–Trinajstić information content (AvgIpc) is 3.11. The zero-order valence-electron chi connectivity index (χ0n) is 14.6. The maximum Gasteiger partial charge on any atom is 0.208 e. The van der Waals surface area contributed by atoms with Gasteiger partial charge in [-0.05, 0) is 35.9 Å². The molecule has 1 heterocycles. The van der Waals surface area contributed by atoms with Gasteiger partial charge < -0.3 is 28.5 Å². The SMILES string of the molecule is COc1ccc(CC=O)c(C2(OC)C=CC3(C=C2)OCCO3)c1OC. The summed E-state index contributed by atoms with van der Waals surface area (Å²) in [5.74, 6) is 0.250. The van der Waals surface area contributed by atoms with Crippen LogP contribution in [0.15, 0.2) is 36.4 Å². The number of carbonyl (C=O) groups is 1. The summed E-state index contributed by atoms with van der Waals surface area (Å²) in [4.78, 5) is 11.2. The number of ether oxygens (including phenoxy) is 5. The molecule has 6 nitrogen and oxygen atoms in total. The van der Waals surface area contributed by atoms with Crippen molar-refractivity contribution in [1.29, 1.82) is 0 Å². The van der Waals surface area contributed by atoms with E-state index < -0.39 is 11.4 Å². The van der Waals surface area contributed by atoms with Crippen molar-refractivity contribution in [3.05, 3.63) is 47.6 Å². The Kier molecular flexibility index (Phi) is 4.94. The maximum atomic E-state index is 11.2. The molecule has 0 bridgehead atoms. The van der Waals surface area contributed by atoms with Crippen LogP contribution in [0.3, 0.4) is 0 Å². The lowest BCUT2D eigenvalue weighted by Crippen LogP contribution is -2.35. The lowest BCUT2D eigenvalue weighted by Gasteiger charge is -2.35. The van der Waals surface area contributed by atoms with Crippen molar-refractivity contribution in [2.45, 2.75) is 17.8 Å². The Bertz CT molecular complexity index is 684. The van der Waals surface area contributed by atoms with Crippen LogP contribution in [-0.2, 0) is 31.0 Å². The summed E-state index contributed by atoms with van der Waals surface area (Å²) in [5, 5.41) is 0. The number of carbonyl (C=O) groups excluding carboxylic acids is 1. The quantitative estimate of drug-likeness (QED) is 0.581. The molecule has 1 aliphatic heterocycles. The molecular formula is C19H22O6. The molecule has 0 aromatic heterocycles. The third-order valence-electron chi connectivity index (χ3n) is 4.53. The molecule has 0 radical (unpaired) electrons. The first-order valence-corrected chi connectivity index (χ1v) is 8.05. The highest BCUT2D eigenvalue weighted by Gasteiger charge is 2.41. The molecule has 1 aromatic rings. The predicted octanol–water partition coefficient (Wildman–Crippen LogP) is 2.16. The maximum absolute atomic E-state index is 11.2. The van der Waals surface area contributed by atoms with Crippen molar-refractivity contribution in [1.82, 2.24) is 0 Å². The van der Waals surface area contributed by atoms with E-state index in [1.807, 2.05) is 30.4 Å². The molecule has 6 heteroatoms. The fourth-order valence-corrected chi connectivity index (χ4v) is 3.29. The molecule has 0 N–H and O–H groups in total. The first kappa shape index (κ1) is 17.7. The van der Waals surface area contributed by atoms with E-state index in [0.29, 0.717) is 24.7 Å². The van der Waals surface area contributed by atoms with E-state index in [1.54, 1.807) is 27.4 Å². The van der Waals surface area contributed by atoms with Crippen molar-refractivity contribution in [3.8, 4) is 11.5 Å². The van der Waals surface area contributed by atoms with Crippen LogP contribution in [0.2, 0.25) is 0 Å². The van der Waals surface area contributed by atoms with Crippen LogP contribution in [0.5, 0.6) is 11.5 Å². The normalized spacial score (nSPS) is 20.0. The van der Waals surface area contributed by atoms with E-state index in [2.05, 4.69) is 0 Å². The Labute approximate surface area is 147 Å². The van der Waals surface area contributed by atoms with Gasteiger partial charge in [-0.15, -0.1) is 0 Å². The standard InChI is InChI=1S/C19H22O6/c1-21-15-5-4-14(6-11-20)16(17(15)22-2)18(23-3)7-9-19(10-8-18)24-12-13-25-19/h4-5,7-11H,6,12-13H2,1-3H3. The van der Waals surface area contributed by atoms with Gasteiger partial charge in [0.05, 0.1) is 27.4 Å². The molecule has 1 saturated heterocycles. The van der Waals surface area contributed by atoms with E-state index in [0.717, 1.165) is 17.4 Å². The molecular weight excluding hydrogens is 324 g/mol. The molecule has 1 aliphatic carbocycles. The molecule has 1 fully saturated rings. The van der Waals surface area contributed by atoms with E-state index in [1.165, 1.54) is 0 Å². The lowest BCUT2D eigenvalue weighted by molar-refractivity contribution is -0.107. The minimum Gasteiger partial charge on any atom is -0.493 e. The first-order valence-electron chi connectivity index (χ1n) is 8.05.